The standard InChI is InChI=1S/C29H43NO.C5H8/c1-19-10-12-23-22(18-19)11-13-25-24(23)16-17-29(3)26(14-15-27(25)29)20(2)30(4)28(31)21-8-6-5-7-9-21;1-3-5-4-2/h5-9,19-20,22-27H,10-18H2,1-4H3;3-5H,1H2,2H3/b;5-4-. The van der Waals surface area contributed by atoms with Crippen molar-refractivity contribution in [2.24, 2.45) is 46.8 Å². The van der Waals surface area contributed by atoms with Crippen LogP contribution in [0, 0.1) is 46.8 Å². The van der Waals surface area contributed by atoms with Crippen molar-refractivity contribution >= 4 is 5.91 Å². The van der Waals surface area contributed by atoms with Gasteiger partial charge < -0.3 is 4.90 Å². The summed E-state index contributed by atoms with van der Waals surface area (Å²) < 4.78 is 0. The van der Waals surface area contributed by atoms with Gasteiger partial charge in [-0.1, -0.05) is 63.3 Å². The Hall–Kier alpha value is -1.83. The number of hydrogen-bond donors (Lipinski definition) is 0. The zero-order valence-corrected chi connectivity index (χ0v) is 23.7. The van der Waals surface area contributed by atoms with Gasteiger partial charge in [0.15, 0.2) is 0 Å². The van der Waals surface area contributed by atoms with E-state index >= 15 is 0 Å². The molecule has 0 radical (unpaired) electrons. The van der Waals surface area contributed by atoms with E-state index in [9.17, 15) is 4.79 Å². The van der Waals surface area contributed by atoms with Crippen molar-refractivity contribution in [3.63, 3.8) is 0 Å². The van der Waals surface area contributed by atoms with Gasteiger partial charge in [-0.15, -0.1) is 0 Å². The molecule has 198 valence electrons. The van der Waals surface area contributed by atoms with Crippen LogP contribution in [-0.2, 0) is 0 Å². The average Bonchev–Trinajstić information content (AvgIpc) is 3.25. The van der Waals surface area contributed by atoms with Crippen molar-refractivity contribution in [3.05, 3.63) is 60.7 Å². The van der Waals surface area contributed by atoms with Gasteiger partial charge in [0.1, 0.15) is 0 Å². The maximum absolute atomic E-state index is 13.1. The summed E-state index contributed by atoms with van der Waals surface area (Å²) in [5.41, 5.74) is 1.24. The maximum atomic E-state index is 13.1. The van der Waals surface area contributed by atoms with E-state index in [2.05, 4.69) is 32.3 Å². The highest BCUT2D eigenvalue weighted by molar-refractivity contribution is 5.94. The molecule has 4 aliphatic rings. The first-order chi connectivity index (χ1) is 17.3. The molecule has 0 heterocycles. The van der Waals surface area contributed by atoms with E-state index in [1.54, 1.807) is 6.08 Å². The molecule has 9 atom stereocenters. The Bertz CT molecular complexity index is 905. The second kappa shape index (κ2) is 11.7. The monoisotopic (exact) mass is 489 g/mol. The van der Waals surface area contributed by atoms with Crippen LogP contribution in [0.3, 0.4) is 0 Å². The lowest BCUT2D eigenvalue weighted by Crippen LogP contribution is -2.51. The maximum Gasteiger partial charge on any atom is 0.253 e. The van der Waals surface area contributed by atoms with E-state index in [1.807, 2.05) is 56.5 Å². The van der Waals surface area contributed by atoms with Crippen molar-refractivity contribution < 1.29 is 4.79 Å². The highest BCUT2D eigenvalue weighted by Gasteiger charge is 2.58. The topological polar surface area (TPSA) is 20.3 Å². The van der Waals surface area contributed by atoms with Gasteiger partial charge in [-0.2, -0.15) is 0 Å². The first-order valence-electron chi connectivity index (χ1n) is 14.9. The Morgan fingerprint density at radius 3 is 2.42 bits per heavy atom. The Balaban J connectivity index is 0.000000556. The molecular weight excluding hydrogens is 438 g/mol. The molecule has 0 aromatic heterocycles. The number of nitrogens with zero attached hydrogens (tertiary/aromatic N) is 1. The van der Waals surface area contributed by atoms with Gasteiger partial charge in [0, 0.05) is 18.7 Å². The first kappa shape index (κ1) is 27.2. The van der Waals surface area contributed by atoms with Crippen LogP contribution in [0.2, 0.25) is 0 Å². The summed E-state index contributed by atoms with van der Waals surface area (Å²) >= 11 is 0. The van der Waals surface area contributed by atoms with Crippen LogP contribution < -0.4 is 0 Å². The van der Waals surface area contributed by atoms with Crippen LogP contribution in [0.1, 0.15) is 95.8 Å². The third-order valence-electron chi connectivity index (χ3n) is 11.2. The molecule has 9 unspecified atom stereocenters. The molecule has 1 amide bonds. The van der Waals surface area contributed by atoms with E-state index in [0.717, 1.165) is 41.1 Å². The fourth-order valence-electron chi connectivity index (χ4n) is 9.30. The summed E-state index contributed by atoms with van der Waals surface area (Å²) in [7, 11) is 2.04. The molecular formula is C34H51NO. The summed E-state index contributed by atoms with van der Waals surface area (Å²) in [6, 6.07) is 10.2. The minimum Gasteiger partial charge on any atom is -0.339 e. The Morgan fingerprint density at radius 1 is 1.03 bits per heavy atom. The van der Waals surface area contributed by atoms with Gasteiger partial charge in [0.25, 0.3) is 5.91 Å². The van der Waals surface area contributed by atoms with Crippen LogP contribution in [0.15, 0.2) is 55.1 Å². The summed E-state index contributed by atoms with van der Waals surface area (Å²) in [4.78, 5) is 15.2. The van der Waals surface area contributed by atoms with Crippen molar-refractivity contribution in [3.8, 4) is 0 Å². The number of carbonyl (C=O) groups is 1. The predicted molar refractivity (Wildman–Crippen MR) is 153 cm³/mol. The molecule has 0 spiro atoms. The largest absolute Gasteiger partial charge is 0.339 e. The number of amides is 1. The number of benzene rings is 1. The smallest absolute Gasteiger partial charge is 0.253 e. The molecule has 36 heavy (non-hydrogen) atoms. The zero-order valence-electron chi connectivity index (χ0n) is 23.7. The molecule has 1 aromatic carbocycles. The lowest BCUT2D eigenvalue weighted by molar-refractivity contribution is -0.0738. The first-order valence-corrected chi connectivity index (χ1v) is 14.9. The third kappa shape index (κ3) is 5.25. The molecule has 4 aliphatic carbocycles. The van der Waals surface area contributed by atoms with Gasteiger partial charge in [-0.3, -0.25) is 4.79 Å². The summed E-state index contributed by atoms with van der Waals surface area (Å²) in [5, 5.41) is 0. The summed E-state index contributed by atoms with van der Waals surface area (Å²) in [6.07, 6.45) is 18.6. The van der Waals surface area contributed by atoms with Crippen LogP contribution in [-0.4, -0.2) is 23.9 Å². The average molecular weight is 490 g/mol. The molecule has 4 fully saturated rings. The molecule has 0 saturated heterocycles. The van der Waals surface area contributed by atoms with Crippen molar-refractivity contribution in [1.29, 1.82) is 0 Å². The van der Waals surface area contributed by atoms with Gasteiger partial charge in [-0.05, 0) is 124 Å². The number of fused-ring (bicyclic) bond motifs is 5. The second-order valence-electron chi connectivity index (χ2n) is 12.9. The molecule has 5 rings (SSSR count). The number of hydrogen-bond acceptors (Lipinski definition) is 1. The summed E-state index contributed by atoms with van der Waals surface area (Å²) in [6.45, 7) is 12.8. The van der Waals surface area contributed by atoms with Gasteiger partial charge >= 0.3 is 0 Å². The highest BCUT2D eigenvalue weighted by atomic mass is 16.2. The number of carbonyl (C=O) groups excluding carboxylic acids is 1. The third-order valence-corrected chi connectivity index (χ3v) is 11.2. The van der Waals surface area contributed by atoms with Crippen LogP contribution in [0.4, 0.5) is 0 Å². The van der Waals surface area contributed by atoms with E-state index in [4.69, 9.17) is 0 Å². The Morgan fingerprint density at radius 2 is 1.75 bits per heavy atom. The molecule has 0 aliphatic heterocycles. The minimum absolute atomic E-state index is 0.186. The highest BCUT2D eigenvalue weighted by Crippen LogP contribution is 2.65. The quantitative estimate of drug-likeness (QED) is 0.387. The summed E-state index contributed by atoms with van der Waals surface area (Å²) in [5.74, 6) is 6.69. The van der Waals surface area contributed by atoms with Crippen LogP contribution in [0.25, 0.3) is 0 Å². The number of rotatable bonds is 4. The van der Waals surface area contributed by atoms with Crippen molar-refractivity contribution in [2.45, 2.75) is 91.5 Å². The van der Waals surface area contributed by atoms with E-state index in [0.29, 0.717) is 17.4 Å². The SMILES string of the molecule is C=C/C=C\C.CC1CCC2C(CCC3C2CCC2(C)C3CCC2C(C)N(C)C(=O)c2ccccc2)C1. The van der Waals surface area contributed by atoms with Gasteiger partial charge in [0.05, 0.1) is 0 Å². The van der Waals surface area contributed by atoms with E-state index in [1.165, 1.54) is 57.8 Å². The van der Waals surface area contributed by atoms with Crippen molar-refractivity contribution in [1.82, 2.24) is 4.90 Å². The molecule has 2 heteroatoms. The lowest BCUT2D eigenvalue weighted by atomic mass is 9.49. The van der Waals surface area contributed by atoms with Gasteiger partial charge in [0.2, 0.25) is 0 Å². The number of allylic oxidation sites excluding steroid dienone is 3. The molecule has 4 saturated carbocycles. The zero-order chi connectivity index (χ0) is 25.9. The van der Waals surface area contributed by atoms with E-state index in [-0.39, 0.29) is 5.91 Å². The Kier molecular flexibility index (Phi) is 8.84. The van der Waals surface area contributed by atoms with Gasteiger partial charge in [-0.25, -0.2) is 0 Å². The fourth-order valence-corrected chi connectivity index (χ4v) is 9.30. The van der Waals surface area contributed by atoms with Crippen LogP contribution >= 0.6 is 0 Å². The minimum atomic E-state index is 0.186. The lowest BCUT2D eigenvalue weighted by Gasteiger charge is -2.57. The van der Waals surface area contributed by atoms with E-state index < -0.39 is 0 Å². The predicted octanol–water partition coefficient (Wildman–Crippen LogP) is 8.80. The van der Waals surface area contributed by atoms with Crippen molar-refractivity contribution in [2.75, 3.05) is 7.05 Å². The molecule has 0 N–H and O–H groups in total. The fraction of sp³-hybridized carbons (Fsp3) is 0.676. The molecule has 0 bridgehead atoms. The second-order valence-corrected chi connectivity index (χ2v) is 12.9. The molecule has 1 aromatic rings. The normalized spacial score (nSPS) is 38.1. The van der Waals surface area contributed by atoms with Crippen LogP contribution in [0.5, 0.6) is 0 Å². The Labute approximate surface area is 221 Å². The molecule has 2 nitrogen and oxygen atoms in total.